The van der Waals surface area contributed by atoms with Gasteiger partial charge in [0.2, 0.25) is 5.91 Å². The lowest BCUT2D eigenvalue weighted by molar-refractivity contribution is -0.133. The standard InChI is InChI=1S/C10H17N3OS/c1-7(2)13(9(14)6-11)8(3)10-12-4-5-15-10/h4-5,7-8H,6,11H2,1-3H3/t8-/m0/s1. The lowest BCUT2D eigenvalue weighted by Crippen LogP contribution is -2.42. The molecule has 0 aliphatic carbocycles. The SMILES string of the molecule is CC(C)N(C(=O)CN)[C@@H](C)c1nccs1. The number of hydrogen-bond donors (Lipinski definition) is 1. The Morgan fingerprint density at radius 3 is 2.67 bits per heavy atom. The van der Waals surface area contributed by atoms with E-state index in [1.807, 2.05) is 26.2 Å². The van der Waals surface area contributed by atoms with Gasteiger partial charge < -0.3 is 10.6 Å². The number of hydrogen-bond acceptors (Lipinski definition) is 4. The van der Waals surface area contributed by atoms with Crippen LogP contribution in [0.25, 0.3) is 0 Å². The maximum atomic E-state index is 11.7. The van der Waals surface area contributed by atoms with E-state index in [9.17, 15) is 4.79 Å². The summed E-state index contributed by atoms with van der Waals surface area (Å²) in [5.74, 6) is -0.0345. The van der Waals surface area contributed by atoms with E-state index in [-0.39, 0.29) is 24.5 Å². The third-order valence-electron chi connectivity index (χ3n) is 2.25. The van der Waals surface area contributed by atoms with E-state index in [1.54, 1.807) is 22.4 Å². The highest BCUT2D eigenvalue weighted by atomic mass is 32.1. The summed E-state index contributed by atoms with van der Waals surface area (Å²) >= 11 is 1.56. The van der Waals surface area contributed by atoms with Crippen molar-refractivity contribution < 1.29 is 4.79 Å². The Balaban J connectivity index is 2.85. The Morgan fingerprint density at radius 2 is 2.27 bits per heavy atom. The van der Waals surface area contributed by atoms with Crippen molar-refractivity contribution in [1.29, 1.82) is 0 Å². The summed E-state index contributed by atoms with van der Waals surface area (Å²) in [5.41, 5.74) is 5.39. The molecule has 0 bridgehead atoms. The quantitative estimate of drug-likeness (QED) is 0.846. The first-order chi connectivity index (χ1) is 7.07. The highest BCUT2D eigenvalue weighted by Gasteiger charge is 2.24. The highest BCUT2D eigenvalue weighted by Crippen LogP contribution is 2.23. The average molecular weight is 227 g/mol. The van der Waals surface area contributed by atoms with Gasteiger partial charge in [-0.25, -0.2) is 4.98 Å². The average Bonchev–Trinajstić information content (AvgIpc) is 2.69. The number of amides is 1. The fraction of sp³-hybridized carbons (Fsp3) is 0.600. The van der Waals surface area contributed by atoms with Gasteiger partial charge in [0.15, 0.2) is 0 Å². The Labute approximate surface area is 94.1 Å². The molecule has 1 atom stereocenters. The molecule has 0 aromatic carbocycles. The molecule has 0 spiro atoms. The molecule has 0 saturated heterocycles. The van der Waals surface area contributed by atoms with Crippen LogP contribution in [0.4, 0.5) is 0 Å². The lowest BCUT2D eigenvalue weighted by Gasteiger charge is -2.31. The summed E-state index contributed by atoms with van der Waals surface area (Å²) in [6.07, 6.45) is 1.75. The second-order valence-corrected chi connectivity index (χ2v) is 4.57. The molecule has 0 unspecified atom stereocenters. The van der Waals surface area contributed by atoms with Crippen LogP contribution < -0.4 is 5.73 Å². The maximum absolute atomic E-state index is 11.7. The molecular formula is C10H17N3OS. The molecule has 4 nitrogen and oxygen atoms in total. The van der Waals surface area contributed by atoms with Crippen molar-refractivity contribution in [3.8, 4) is 0 Å². The van der Waals surface area contributed by atoms with Gasteiger partial charge in [0.25, 0.3) is 0 Å². The van der Waals surface area contributed by atoms with Gasteiger partial charge in [-0.15, -0.1) is 11.3 Å². The van der Waals surface area contributed by atoms with Crippen LogP contribution in [0, 0.1) is 0 Å². The first-order valence-electron chi connectivity index (χ1n) is 4.98. The number of carbonyl (C=O) groups excluding carboxylic acids is 1. The molecule has 0 radical (unpaired) electrons. The van der Waals surface area contributed by atoms with Crippen molar-refractivity contribution in [3.05, 3.63) is 16.6 Å². The molecule has 0 aliphatic heterocycles. The van der Waals surface area contributed by atoms with E-state index in [0.717, 1.165) is 5.01 Å². The molecule has 1 heterocycles. The maximum Gasteiger partial charge on any atom is 0.237 e. The molecule has 1 aromatic rings. The van der Waals surface area contributed by atoms with Crippen LogP contribution >= 0.6 is 11.3 Å². The van der Waals surface area contributed by atoms with Crippen LogP contribution in [0.3, 0.4) is 0 Å². The van der Waals surface area contributed by atoms with Crippen molar-refractivity contribution in [2.45, 2.75) is 32.9 Å². The molecule has 0 saturated carbocycles. The monoisotopic (exact) mass is 227 g/mol. The molecule has 0 fully saturated rings. The zero-order chi connectivity index (χ0) is 11.4. The topological polar surface area (TPSA) is 59.2 Å². The minimum atomic E-state index is -0.0345. The molecule has 1 amide bonds. The largest absolute Gasteiger partial charge is 0.330 e. The van der Waals surface area contributed by atoms with Crippen molar-refractivity contribution >= 4 is 17.2 Å². The number of thiazole rings is 1. The smallest absolute Gasteiger partial charge is 0.237 e. The predicted octanol–water partition coefficient (Wildman–Crippen LogP) is 1.40. The number of carbonyl (C=O) groups is 1. The Bertz CT molecular complexity index is 310. The third-order valence-corrected chi connectivity index (χ3v) is 3.19. The van der Waals surface area contributed by atoms with E-state index >= 15 is 0 Å². The van der Waals surface area contributed by atoms with Crippen LogP contribution in [0.5, 0.6) is 0 Å². The lowest BCUT2D eigenvalue weighted by atomic mass is 10.2. The van der Waals surface area contributed by atoms with E-state index in [0.29, 0.717) is 0 Å². The van der Waals surface area contributed by atoms with Crippen LogP contribution in [0.1, 0.15) is 31.8 Å². The van der Waals surface area contributed by atoms with E-state index in [1.165, 1.54) is 0 Å². The molecular weight excluding hydrogens is 210 g/mol. The molecule has 2 N–H and O–H groups in total. The van der Waals surface area contributed by atoms with Crippen molar-refractivity contribution in [2.75, 3.05) is 6.54 Å². The number of nitrogens with zero attached hydrogens (tertiary/aromatic N) is 2. The summed E-state index contributed by atoms with van der Waals surface area (Å²) in [6, 6.07) is 0.140. The summed E-state index contributed by atoms with van der Waals surface area (Å²) < 4.78 is 0. The second-order valence-electron chi connectivity index (χ2n) is 3.65. The number of rotatable bonds is 4. The van der Waals surface area contributed by atoms with Crippen molar-refractivity contribution in [2.24, 2.45) is 5.73 Å². The molecule has 0 aliphatic rings. The van der Waals surface area contributed by atoms with Gasteiger partial charge in [0.1, 0.15) is 5.01 Å². The molecule has 15 heavy (non-hydrogen) atoms. The van der Waals surface area contributed by atoms with Gasteiger partial charge in [-0.1, -0.05) is 0 Å². The van der Waals surface area contributed by atoms with Gasteiger partial charge in [-0.3, -0.25) is 4.79 Å². The normalized spacial score (nSPS) is 12.9. The molecule has 1 aromatic heterocycles. The van der Waals surface area contributed by atoms with Gasteiger partial charge in [-0.05, 0) is 20.8 Å². The first-order valence-corrected chi connectivity index (χ1v) is 5.86. The van der Waals surface area contributed by atoms with Crippen LogP contribution in [-0.4, -0.2) is 28.4 Å². The van der Waals surface area contributed by atoms with E-state index < -0.39 is 0 Å². The fourth-order valence-corrected chi connectivity index (χ4v) is 2.31. The van der Waals surface area contributed by atoms with Crippen LogP contribution in [-0.2, 0) is 4.79 Å². The van der Waals surface area contributed by atoms with E-state index in [2.05, 4.69) is 4.98 Å². The van der Waals surface area contributed by atoms with Crippen LogP contribution in [0.15, 0.2) is 11.6 Å². The first kappa shape index (κ1) is 12.1. The van der Waals surface area contributed by atoms with Crippen molar-refractivity contribution in [1.82, 2.24) is 9.88 Å². The number of nitrogens with two attached hydrogens (primary N) is 1. The van der Waals surface area contributed by atoms with Gasteiger partial charge >= 0.3 is 0 Å². The Kier molecular flexibility index (Phi) is 4.23. The van der Waals surface area contributed by atoms with Crippen molar-refractivity contribution in [3.63, 3.8) is 0 Å². The molecule has 1 rings (SSSR count). The Morgan fingerprint density at radius 1 is 1.60 bits per heavy atom. The zero-order valence-electron chi connectivity index (χ0n) is 9.30. The third kappa shape index (κ3) is 2.76. The van der Waals surface area contributed by atoms with Gasteiger partial charge in [-0.2, -0.15) is 0 Å². The molecule has 5 heteroatoms. The summed E-state index contributed by atoms with van der Waals surface area (Å²) in [5, 5.41) is 2.86. The summed E-state index contributed by atoms with van der Waals surface area (Å²) in [7, 11) is 0. The Hall–Kier alpha value is -0.940. The summed E-state index contributed by atoms with van der Waals surface area (Å²) in [4.78, 5) is 17.7. The predicted molar refractivity (Wildman–Crippen MR) is 61.6 cm³/mol. The minimum absolute atomic E-state index is 0.000972. The highest BCUT2D eigenvalue weighted by molar-refractivity contribution is 7.09. The van der Waals surface area contributed by atoms with Crippen LogP contribution in [0.2, 0.25) is 0 Å². The zero-order valence-corrected chi connectivity index (χ0v) is 10.1. The van der Waals surface area contributed by atoms with E-state index in [4.69, 9.17) is 5.73 Å². The molecule has 84 valence electrons. The minimum Gasteiger partial charge on any atom is -0.330 e. The fourth-order valence-electron chi connectivity index (χ4n) is 1.62. The van der Waals surface area contributed by atoms with Gasteiger partial charge in [0, 0.05) is 17.6 Å². The number of aromatic nitrogens is 1. The summed E-state index contributed by atoms with van der Waals surface area (Å²) in [6.45, 7) is 6.00. The second kappa shape index (κ2) is 5.23. The van der Waals surface area contributed by atoms with Gasteiger partial charge in [0.05, 0.1) is 12.6 Å².